The molecule has 2 aliphatic rings. The van der Waals surface area contributed by atoms with E-state index in [0.717, 1.165) is 11.1 Å². The second-order valence-corrected chi connectivity index (χ2v) is 7.64. The highest BCUT2D eigenvalue weighted by Crippen LogP contribution is 2.44. The molecule has 5 rings (SSSR count). The minimum absolute atomic E-state index is 0.0394. The monoisotopic (exact) mass is 425 g/mol. The number of fused-ring (bicyclic) bond motifs is 3. The van der Waals surface area contributed by atoms with Crippen LogP contribution in [0.15, 0.2) is 72.8 Å². The Bertz CT molecular complexity index is 1140. The smallest absolute Gasteiger partial charge is 0.407 e. The minimum atomic E-state index is -0.475. The van der Waals surface area contributed by atoms with Crippen molar-refractivity contribution in [2.75, 3.05) is 26.4 Å². The summed E-state index contributed by atoms with van der Waals surface area (Å²) in [5.74, 6) is 6.11. The predicted octanol–water partition coefficient (Wildman–Crippen LogP) is 4.62. The van der Waals surface area contributed by atoms with Crippen LogP contribution in [-0.4, -0.2) is 32.5 Å². The second kappa shape index (κ2) is 9.27. The Labute approximate surface area is 187 Å². The first-order chi connectivity index (χ1) is 15.8. The molecule has 1 saturated heterocycles. The molecule has 0 radical (unpaired) electrons. The molecule has 0 unspecified atom stereocenters. The summed E-state index contributed by atoms with van der Waals surface area (Å²) in [6, 6.07) is 24.2. The zero-order valence-electron chi connectivity index (χ0n) is 17.5. The number of hydrogen-bond donors (Lipinski definition) is 1. The lowest BCUT2D eigenvalue weighted by Crippen LogP contribution is -2.26. The number of nitrogens with one attached hydrogen (secondary N) is 1. The maximum Gasteiger partial charge on any atom is 0.407 e. The second-order valence-electron chi connectivity index (χ2n) is 7.64. The third kappa shape index (κ3) is 4.11. The van der Waals surface area contributed by atoms with Crippen LogP contribution in [0.1, 0.15) is 34.5 Å². The summed E-state index contributed by atoms with van der Waals surface area (Å²) in [6.45, 7) is 1.63. The van der Waals surface area contributed by atoms with Gasteiger partial charge < -0.3 is 19.5 Å². The van der Waals surface area contributed by atoms with Gasteiger partial charge in [0, 0.05) is 17.0 Å². The van der Waals surface area contributed by atoms with Gasteiger partial charge in [-0.1, -0.05) is 78.6 Å². The van der Waals surface area contributed by atoms with Gasteiger partial charge in [-0.15, -0.1) is 0 Å². The molecule has 0 atom stereocenters. The first-order valence-corrected chi connectivity index (χ1v) is 10.7. The molecule has 3 aromatic rings. The molecule has 1 amide bonds. The summed E-state index contributed by atoms with van der Waals surface area (Å²) in [5, 5.41) is 2.72. The summed E-state index contributed by atoms with van der Waals surface area (Å²) in [7, 11) is 0. The van der Waals surface area contributed by atoms with Gasteiger partial charge in [-0.05, 0) is 28.3 Å². The Morgan fingerprint density at radius 2 is 1.47 bits per heavy atom. The van der Waals surface area contributed by atoms with Crippen LogP contribution in [0.2, 0.25) is 0 Å². The van der Waals surface area contributed by atoms with E-state index < -0.39 is 6.09 Å². The van der Waals surface area contributed by atoms with Gasteiger partial charge in [-0.3, -0.25) is 0 Å². The highest BCUT2D eigenvalue weighted by Gasteiger charge is 2.28. The van der Waals surface area contributed by atoms with Gasteiger partial charge in [0.1, 0.15) is 6.61 Å². The molecular formula is C27H23NO4. The molecular weight excluding hydrogens is 402 g/mol. The lowest BCUT2D eigenvalue weighted by atomic mass is 9.98. The molecule has 32 heavy (non-hydrogen) atoms. The lowest BCUT2D eigenvalue weighted by Gasteiger charge is -2.14. The fourth-order valence-corrected chi connectivity index (χ4v) is 4.26. The van der Waals surface area contributed by atoms with Gasteiger partial charge in [0.05, 0.1) is 19.8 Å². The molecule has 0 aromatic heterocycles. The Kier molecular flexibility index (Phi) is 5.89. The van der Waals surface area contributed by atoms with E-state index in [4.69, 9.17) is 14.2 Å². The third-order valence-electron chi connectivity index (χ3n) is 5.72. The van der Waals surface area contributed by atoms with Crippen LogP contribution in [0.5, 0.6) is 0 Å². The molecule has 1 fully saturated rings. The van der Waals surface area contributed by atoms with Crippen LogP contribution in [-0.2, 0) is 14.2 Å². The first-order valence-electron chi connectivity index (χ1n) is 10.7. The Hall–Kier alpha value is -3.59. The van der Waals surface area contributed by atoms with Gasteiger partial charge in [0.2, 0.25) is 0 Å². The van der Waals surface area contributed by atoms with E-state index in [9.17, 15) is 4.79 Å². The fourth-order valence-electron chi connectivity index (χ4n) is 4.26. The van der Waals surface area contributed by atoms with Crippen LogP contribution < -0.4 is 5.32 Å². The van der Waals surface area contributed by atoms with E-state index >= 15 is 0 Å². The summed E-state index contributed by atoms with van der Waals surface area (Å²) in [6.07, 6.45) is -0.854. The highest BCUT2D eigenvalue weighted by atomic mass is 16.7. The van der Waals surface area contributed by atoms with Crippen LogP contribution in [0.3, 0.4) is 0 Å². The van der Waals surface area contributed by atoms with Crippen molar-refractivity contribution in [1.29, 1.82) is 0 Å². The van der Waals surface area contributed by atoms with Crippen molar-refractivity contribution in [3.8, 4) is 23.0 Å². The molecule has 0 spiro atoms. The fraction of sp³-hybridized carbons (Fsp3) is 0.222. The van der Waals surface area contributed by atoms with E-state index in [2.05, 4.69) is 41.4 Å². The average Bonchev–Trinajstić information content (AvgIpc) is 3.48. The molecule has 1 N–H and O–H groups in total. The lowest BCUT2D eigenvalue weighted by molar-refractivity contribution is -0.0442. The topological polar surface area (TPSA) is 56.8 Å². The number of amides is 1. The standard InChI is InChI=1S/C27H23NO4/c29-27(28-15-7-9-19-8-1-2-10-20(19)26-30-16-17-31-26)32-18-25-23-13-5-3-11-21(23)22-12-4-6-14-24(22)25/h1-6,8,10-14,25-26H,15-18H2,(H,28,29). The SMILES string of the molecule is O=C(NCC#Cc1ccccc1C1OCCO1)OCC1c2ccccc2-c2ccccc21. The number of ether oxygens (including phenoxy) is 3. The Morgan fingerprint density at radius 3 is 2.16 bits per heavy atom. The third-order valence-corrected chi connectivity index (χ3v) is 5.72. The number of carbonyl (C=O) groups is 1. The van der Waals surface area contributed by atoms with Crippen LogP contribution in [0.4, 0.5) is 4.79 Å². The zero-order chi connectivity index (χ0) is 21.8. The van der Waals surface area contributed by atoms with Crippen molar-refractivity contribution >= 4 is 6.09 Å². The molecule has 1 aliphatic carbocycles. The number of benzene rings is 3. The largest absolute Gasteiger partial charge is 0.449 e. The van der Waals surface area contributed by atoms with Gasteiger partial charge in [-0.25, -0.2) is 4.79 Å². The van der Waals surface area contributed by atoms with Crippen molar-refractivity contribution in [3.05, 3.63) is 95.1 Å². The molecule has 1 heterocycles. The minimum Gasteiger partial charge on any atom is -0.449 e. The van der Waals surface area contributed by atoms with Crippen molar-refractivity contribution in [2.45, 2.75) is 12.2 Å². The summed E-state index contributed by atoms with van der Waals surface area (Å²) in [4.78, 5) is 12.3. The Morgan fingerprint density at radius 1 is 0.875 bits per heavy atom. The number of alkyl carbamates (subject to hydrolysis) is 1. The summed E-state index contributed by atoms with van der Waals surface area (Å²) >= 11 is 0. The van der Waals surface area contributed by atoms with Crippen molar-refractivity contribution in [1.82, 2.24) is 5.32 Å². The molecule has 0 saturated carbocycles. The van der Waals surface area contributed by atoms with Crippen LogP contribution in [0.25, 0.3) is 11.1 Å². The summed E-state index contributed by atoms with van der Waals surface area (Å²) < 4.78 is 16.7. The number of carbonyl (C=O) groups excluding carboxylic acids is 1. The van der Waals surface area contributed by atoms with Crippen molar-refractivity contribution < 1.29 is 19.0 Å². The van der Waals surface area contributed by atoms with Gasteiger partial charge >= 0.3 is 6.09 Å². The molecule has 0 bridgehead atoms. The van der Waals surface area contributed by atoms with E-state index in [1.54, 1.807) is 0 Å². The first kappa shape index (κ1) is 20.3. The van der Waals surface area contributed by atoms with Crippen molar-refractivity contribution in [2.24, 2.45) is 0 Å². The Balaban J connectivity index is 1.18. The molecule has 1 aliphatic heterocycles. The van der Waals surface area contributed by atoms with E-state index in [0.29, 0.717) is 13.2 Å². The van der Waals surface area contributed by atoms with Crippen LogP contribution in [0, 0.1) is 11.8 Å². The molecule has 5 nitrogen and oxygen atoms in total. The van der Waals surface area contributed by atoms with Crippen LogP contribution >= 0.6 is 0 Å². The number of hydrogen-bond acceptors (Lipinski definition) is 4. The molecule has 3 aromatic carbocycles. The maximum absolute atomic E-state index is 12.3. The van der Waals surface area contributed by atoms with Gasteiger partial charge in [-0.2, -0.15) is 0 Å². The number of rotatable bonds is 4. The highest BCUT2D eigenvalue weighted by molar-refractivity contribution is 5.79. The average molecular weight is 425 g/mol. The summed E-state index contributed by atoms with van der Waals surface area (Å²) in [5.41, 5.74) is 6.52. The molecule has 160 valence electrons. The van der Waals surface area contributed by atoms with Gasteiger partial charge in [0.25, 0.3) is 0 Å². The van der Waals surface area contributed by atoms with E-state index in [1.807, 2.05) is 48.5 Å². The van der Waals surface area contributed by atoms with E-state index in [-0.39, 0.29) is 25.4 Å². The van der Waals surface area contributed by atoms with E-state index in [1.165, 1.54) is 22.3 Å². The van der Waals surface area contributed by atoms with Gasteiger partial charge in [0.15, 0.2) is 6.29 Å². The maximum atomic E-state index is 12.3. The van der Waals surface area contributed by atoms with Crippen molar-refractivity contribution in [3.63, 3.8) is 0 Å². The predicted molar refractivity (Wildman–Crippen MR) is 121 cm³/mol. The molecule has 5 heteroatoms. The zero-order valence-corrected chi connectivity index (χ0v) is 17.5. The normalized spacial score (nSPS) is 14.9. The quantitative estimate of drug-likeness (QED) is 0.620.